The molecule has 1 aliphatic carbocycles. The zero-order valence-corrected chi connectivity index (χ0v) is 27.4. The van der Waals surface area contributed by atoms with Crippen molar-refractivity contribution in [1.29, 1.82) is 0 Å². The van der Waals surface area contributed by atoms with Gasteiger partial charge in [0.25, 0.3) is 5.91 Å². The normalized spacial score (nSPS) is 20.8. The van der Waals surface area contributed by atoms with Gasteiger partial charge >= 0.3 is 0 Å². The lowest BCUT2D eigenvalue weighted by Crippen LogP contribution is -2.59. The van der Waals surface area contributed by atoms with Crippen LogP contribution in [0.5, 0.6) is 11.5 Å². The third kappa shape index (κ3) is 7.34. The summed E-state index contributed by atoms with van der Waals surface area (Å²) in [5, 5.41) is 0. The van der Waals surface area contributed by atoms with Crippen LogP contribution in [0.25, 0.3) is 0 Å². The highest BCUT2D eigenvalue weighted by molar-refractivity contribution is 7.89. The average molecular weight is 631 g/mol. The van der Waals surface area contributed by atoms with Gasteiger partial charge in [-0.2, -0.15) is 0 Å². The summed E-state index contributed by atoms with van der Waals surface area (Å²) in [6.45, 7) is 14.3. The van der Waals surface area contributed by atoms with E-state index in [9.17, 15) is 17.6 Å². The Kier molecular flexibility index (Phi) is 9.81. The van der Waals surface area contributed by atoms with Gasteiger partial charge in [0.2, 0.25) is 10.0 Å². The fourth-order valence-corrected chi connectivity index (χ4v) is 8.18. The molecule has 1 aromatic heterocycles. The Labute approximate surface area is 261 Å². The molecule has 1 saturated carbocycles. The van der Waals surface area contributed by atoms with Crippen molar-refractivity contribution in [3.8, 4) is 11.5 Å². The molecule has 242 valence electrons. The first-order chi connectivity index (χ1) is 20.9. The number of hydrogen-bond acceptors (Lipinski definition) is 8. The van der Waals surface area contributed by atoms with E-state index in [2.05, 4.69) is 24.5 Å². The van der Waals surface area contributed by atoms with Crippen LogP contribution < -0.4 is 14.4 Å². The second kappa shape index (κ2) is 13.3. The van der Waals surface area contributed by atoms with Crippen LogP contribution in [-0.4, -0.2) is 90.7 Å². The van der Waals surface area contributed by atoms with E-state index in [1.54, 1.807) is 18.0 Å². The third-order valence-corrected chi connectivity index (χ3v) is 10.8. The minimum Gasteiger partial charge on any atom is -0.451 e. The van der Waals surface area contributed by atoms with Crippen molar-refractivity contribution in [3.63, 3.8) is 0 Å². The van der Waals surface area contributed by atoms with E-state index in [1.807, 2.05) is 27.7 Å². The van der Waals surface area contributed by atoms with Crippen LogP contribution in [0.1, 0.15) is 77.1 Å². The molecule has 5 rings (SSSR count). The number of sulfonamides is 1. The summed E-state index contributed by atoms with van der Waals surface area (Å²) in [5.41, 5.74) is 0.496. The quantitative estimate of drug-likeness (QED) is 0.382. The van der Waals surface area contributed by atoms with E-state index in [0.717, 1.165) is 64.8 Å². The van der Waals surface area contributed by atoms with Gasteiger partial charge < -0.3 is 19.4 Å². The molecule has 0 unspecified atom stereocenters. The summed E-state index contributed by atoms with van der Waals surface area (Å²) >= 11 is 0. The molecule has 2 saturated heterocycles. The van der Waals surface area contributed by atoms with E-state index >= 15 is 0 Å². The van der Waals surface area contributed by atoms with E-state index in [4.69, 9.17) is 4.74 Å². The van der Waals surface area contributed by atoms with Crippen LogP contribution in [-0.2, 0) is 10.0 Å². The molecule has 3 aliphatic rings. The van der Waals surface area contributed by atoms with Crippen LogP contribution in [0.3, 0.4) is 0 Å². The first-order valence-corrected chi connectivity index (χ1v) is 17.6. The topological polar surface area (TPSA) is 108 Å². The van der Waals surface area contributed by atoms with Crippen molar-refractivity contribution in [1.82, 2.24) is 24.5 Å². The largest absolute Gasteiger partial charge is 0.451 e. The number of carbonyl (C=O) groups excluding carboxylic acids is 1. The van der Waals surface area contributed by atoms with Crippen LogP contribution in [0, 0.1) is 17.2 Å². The predicted molar refractivity (Wildman–Crippen MR) is 169 cm³/mol. The summed E-state index contributed by atoms with van der Waals surface area (Å²) < 4.78 is 47.4. The SMILES string of the molecule is CCS(=O)(=O)NC1CCC2(CC1)CN(C[C@@H]1CCN(c3ncncc3Oc3ccc(F)cc3C(=O)N(C(C)C)C(C)C)C1)C2. The first-order valence-electron chi connectivity index (χ1n) is 16.0. The molecular formula is C32H47FN6O4S. The van der Waals surface area contributed by atoms with Crippen molar-refractivity contribution in [2.45, 2.75) is 84.8 Å². The fraction of sp³-hybridized carbons (Fsp3) is 0.656. The molecule has 1 atom stereocenters. The molecule has 0 radical (unpaired) electrons. The van der Waals surface area contributed by atoms with Crippen molar-refractivity contribution >= 4 is 21.7 Å². The Morgan fingerprint density at radius 1 is 1.14 bits per heavy atom. The molecule has 1 spiro atoms. The van der Waals surface area contributed by atoms with Gasteiger partial charge in [0.15, 0.2) is 11.6 Å². The molecular weight excluding hydrogens is 583 g/mol. The van der Waals surface area contributed by atoms with E-state index < -0.39 is 15.8 Å². The second-order valence-electron chi connectivity index (χ2n) is 13.4. The van der Waals surface area contributed by atoms with Crippen molar-refractivity contribution in [3.05, 3.63) is 42.1 Å². The maximum atomic E-state index is 14.3. The molecule has 10 nitrogen and oxygen atoms in total. The number of carbonyl (C=O) groups is 1. The molecule has 1 N–H and O–H groups in total. The molecule has 44 heavy (non-hydrogen) atoms. The highest BCUT2D eigenvalue weighted by atomic mass is 32.2. The average Bonchev–Trinajstić information content (AvgIpc) is 3.42. The molecule has 1 amide bonds. The number of halogens is 1. The van der Waals surface area contributed by atoms with Gasteiger partial charge in [-0.3, -0.25) is 4.79 Å². The van der Waals surface area contributed by atoms with E-state index in [0.29, 0.717) is 22.9 Å². The Morgan fingerprint density at radius 3 is 2.50 bits per heavy atom. The number of nitrogens with zero attached hydrogens (tertiary/aromatic N) is 5. The van der Waals surface area contributed by atoms with E-state index in [-0.39, 0.29) is 41.1 Å². The van der Waals surface area contributed by atoms with E-state index in [1.165, 1.54) is 24.5 Å². The third-order valence-electron chi connectivity index (χ3n) is 9.39. The van der Waals surface area contributed by atoms with Crippen molar-refractivity contribution in [2.24, 2.45) is 11.3 Å². The predicted octanol–water partition coefficient (Wildman–Crippen LogP) is 4.68. The van der Waals surface area contributed by atoms with Crippen LogP contribution >= 0.6 is 0 Å². The van der Waals surface area contributed by atoms with Gasteiger partial charge in [-0.1, -0.05) is 0 Å². The minimum atomic E-state index is -3.15. The number of hydrogen-bond donors (Lipinski definition) is 1. The lowest BCUT2D eigenvalue weighted by Gasteiger charge is -2.54. The summed E-state index contributed by atoms with van der Waals surface area (Å²) in [7, 11) is -3.15. The number of likely N-dealkylation sites (tertiary alicyclic amines) is 1. The summed E-state index contributed by atoms with van der Waals surface area (Å²) in [4.78, 5) is 28.7. The van der Waals surface area contributed by atoms with Gasteiger partial charge in [-0.15, -0.1) is 0 Å². The smallest absolute Gasteiger partial charge is 0.258 e. The molecule has 2 aromatic rings. The lowest BCUT2D eigenvalue weighted by molar-refractivity contribution is -0.0386. The van der Waals surface area contributed by atoms with Crippen molar-refractivity contribution < 1.29 is 22.3 Å². The molecule has 12 heteroatoms. The van der Waals surface area contributed by atoms with Crippen LogP contribution in [0.15, 0.2) is 30.7 Å². The number of nitrogens with one attached hydrogen (secondary N) is 1. The Bertz CT molecular complexity index is 1410. The first kappa shape index (κ1) is 32.6. The minimum absolute atomic E-state index is 0.0614. The molecule has 3 fully saturated rings. The summed E-state index contributed by atoms with van der Waals surface area (Å²) in [6, 6.07) is 3.98. The second-order valence-corrected chi connectivity index (χ2v) is 15.5. The monoisotopic (exact) mass is 630 g/mol. The highest BCUT2D eigenvalue weighted by Gasteiger charge is 2.46. The highest BCUT2D eigenvalue weighted by Crippen LogP contribution is 2.45. The number of ether oxygens (including phenoxy) is 1. The number of amides is 1. The zero-order chi connectivity index (χ0) is 31.6. The molecule has 1 aromatic carbocycles. The van der Waals surface area contributed by atoms with Gasteiger partial charge in [0.1, 0.15) is 17.9 Å². The van der Waals surface area contributed by atoms with Gasteiger partial charge in [0, 0.05) is 50.8 Å². The summed E-state index contributed by atoms with van der Waals surface area (Å²) in [5.74, 6) is 1.21. The standard InChI is InChI=1S/C32H47FN6O4S/c1-6-44(41,42)36-26-9-12-32(13-10-26)19-37(20-32)17-24-11-14-38(18-24)30-29(16-34-21-35-30)43-28-8-7-25(33)15-27(28)31(40)39(22(2)3)23(4)5/h7-8,15-16,21-24,26,36H,6,9-14,17-20H2,1-5H3/t24-/m0/s1. The van der Waals surface area contributed by atoms with Gasteiger partial charge in [-0.25, -0.2) is 27.5 Å². The van der Waals surface area contributed by atoms with Gasteiger partial charge in [-0.05, 0) is 96.3 Å². The fourth-order valence-electron chi connectivity index (χ4n) is 7.27. The molecule has 3 heterocycles. The Hall–Kier alpha value is -2.83. The maximum Gasteiger partial charge on any atom is 0.258 e. The Morgan fingerprint density at radius 2 is 1.84 bits per heavy atom. The summed E-state index contributed by atoms with van der Waals surface area (Å²) in [6.07, 6.45) is 8.10. The Balaban J connectivity index is 1.19. The number of aromatic nitrogens is 2. The number of benzene rings is 1. The zero-order valence-electron chi connectivity index (χ0n) is 26.6. The maximum absolute atomic E-state index is 14.3. The van der Waals surface area contributed by atoms with Crippen LogP contribution in [0.4, 0.5) is 10.2 Å². The number of anilines is 1. The van der Waals surface area contributed by atoms with Crippen molar-refractivity contribution in [2.75, 3.05) is 43.4 Å². The van der Waals surface area contributed by atoms with Gasteiger partial charge in [0.05, 0.1) is 17.5 Å². The lowest BCUT2D eigenvalue weighted by atomic mass is 9.67. The molecule has 2 aliphatic heterocycles. The molecule has 0 bridgehead atoms. The van der Waals surface area contributed by atoms with Crippen LogP contribution in [0.2, 0.25) is 0 Å². The number of rotatable bonds is 11.